The van der Waals surface area contributed by atoms with Crippen molar-refractivity contribution in [3.05, 3.63) is 12.4 Å². The third-order valence-corrected chi connectivity index (χ3v) is 1.82. The molecule has 17 heavy (non-hydrogen) atoms. The van der Waals surface area contributed by atoms with Crippen molar-refractivity contribution in [3.63, 3.8) is 0 Å². The zero-order valence-electron chi connectivity index (χ0n) is 8.74. The molecule has 0 spiro atoms. The van der Waals surface area contributed by atoms with Crippen molar-refractivity contribution in [2.45, 2.75) is 19.0 Å². The van der Waals surface area contributed by atoms with E-state index in [1.807, 2.05) is 0 Å². The lowest BCUT2D eigenvalue weighted by molar-refractivity contribution is -0.143. The van der Waals surface area contributed by atoms with Gasteiger partial charge in [-0.3, -0.25) is 9.59 Å². The summed E-state index contributed by atoms with van der Waals surface area (Å²) in [6.45, 7) is -0.178. The molecule has 0 aliphatic carbocycles. The molecule has 4 N–H and O–H groups in total. The molecular formula is C8H11N5O4. The minimum absolute atomic E-state index is 0.178. The zero-order chi connectivity index (χ0) is 12.8. The van der Waals surface area contributed by atoms with Crippen LogP contribution in [0.2, 0.25) is 0 Å². The minimum atomic E-state index is -1.33. The summed E-state index contributed by atoms with van der Waals surface area (Å²) in [5.74, 6) is -2.72. The van der Waals surface area contributed by atoms with Crippen LogP contribution >= 0.6 is 0 Å². The third-order valence-electron chi connectivity index (χ3n) is 1.82. The highest BCUT2D eigenvalue weighted by atomic mass is 16.4. The van der Waals surface area contributed by atoms with Crippen molar-refractivity contribution in [2.75, 3.05) is 0 Å². The van der Waals surface area contributed by atoms with Gasteiger partial charge >= 0.3 is 5.97 Å². The molecule has 9 heteroatoms. The number of aliphatic carboxylic acids is 1. The Kier molecular flexibility index (Phi) is 4.14. The molecule has 9 nitrogen and oxygen atoms in total. The first-order valence-corrected chi connectivity index (χ1v) is 4.63. The van der Waals surface area contributed by atoms with Gasteiger partial charge in [0.15, 0.2) is 0 Å². The molecule has 1 unspecified atom stereocenters. The van der Waals surface area contributed by atoms with Crippen molar-refractivity contribution in [2.24, 2.45) is 5.73 Å². The molecule has 0 saturated heterocycles. The number of hydrogen-bond acceptors (Lipinski definition) is 5. The van der Waals surface area contributed by atoms with Gasteiger partial charge in [0, 0.05) is 6.20 Å². The van der Waals surface area contributed by atoms with Crippen molar-refractivity contribution in [1.82, 2.24) is 20.3 Å². The number of primary amides is 1. The Bertz CT molecular complexity index is 416. The van der Waals surface area contributed by atoms with Gasteiger partial charge in [-0.25, -0.2) is 9.48 Å². The summed E-state index contributed by atoms with van der Waals surface area (Å²) in [6, 6.07) is -1.33. The van der Waals surface area contributed by atoms with Crippen LogP contribution in [0.5, 0.6) is 0 Å². The monoisotopic (exact) mass is 241 g/mol. The molecule has 1 rings (SSSR count). The number of rotatable bonds is 6. The van der Waals surface area contributed by atoms with Gasteiger partial charge in [-0.1, -0.05) is 5.21 Å². The van der Waals surface area contributed by atoms with Gasteiger partial charge in [0.25, 0.3) is 0 Å². The smallest absolute Gasteiger partial charge is 0.326 e. The van der Waals surface area contributed by atoms with Crippen LogP contribution in [0.3, 0.4) is 0 Å². The van der Waals surface area contributed by atoms with Crippen molar-refractivity contribution >= 4 is 17.8 Å². The van der Waals surface area contributed by atoms with Crippen molar-refractivity contribution < 1.29 is 19.5 Å². The first-order chi connectivity index (χ1) is 7.99. The Hall–Kier alpha value is -2.45. The lowest BCUT2D eigenvalue weighted by Crippen LogP contribution is -2.44. The van der Waals surface area contributed by atoms with Gasteiger partial charge in [0.05, 0.1) is 12.6 Å². The van der Waals surface area contributed by atoms with Crippen LogP contribution in [0.1, 0.15) is 6.42 Å². The Labute approximate surface area is 95.6 Å². The van der Waals surface area contributed by atoms with Crippen LogP contribution in [0.15, 0.2) is 12.4 Å². The molecule has 1 heterocycles. The second-order valence-electron chi connectivity index (χ2n) is 3.23. The molecular weight excluding hydrogens is 230 g/mol. The maximum atomic E-state index is 11.4. The number of nitrogens with zero attached hydrogens (tertiary/aromatic N) is 3. The molecule has 0 aliphatic rings. The largest absolute Gasteiger partial charge is 0.480 e. The summed E-state index contributed by atoms with van der Waals surface area (Å²) in [5, 5.41) is 17.9. The van der Waals surface area contributed by atoms with E-state index >= 15 is 0 Å². The summed E-state index contributed by atoms with van der Waals surface area (Å²) in [7, 11) is 0. The van der Waals surface area contributed by atoms with E-state index < -0.39 is 30.2 Å². The number of carbonyl (C=O) groups excluding carboxylic acids is 2. The quantitative estimate of drug-likeness (QED) is 0.512. The van der Waals surface area contributed by atoms with Gasteiger partial charge in [-0.15, -0.1) is 5.10 Å². The van der Waals surface area contributed by atoms with Crippen molar-refractivity contribution in [3.8, 4) is 0 Å². The molecule has 1 aromatic heterocycles. The summed E-state index contributed by atoms with van der Waals surface area (Å²) >= 11 is 0. The first kappa shape index (κ1) is 12.6. The second-order valence-corrected chi connectivity index (χ2v) is 3.23. The third kappa shape index (κ3) is 4.28. The molecule has 0 saturated carbocycles. The number of aromatic nitrogens is 3. The molecule has 2 amide bonds. The fraction of sp³-hybridized carbons (Fsp3) is 0.375. The van der Waals surface area contributed by atoms with Crippen LogP contribution < -0.4 is 11.1 Å². The normalized spacial score (nSPS) is 11.8. The first-order valence-electron chi connectivity index (χ1n) is 4.63. The van der Waals surface area contributed by atoms with Gasteiger partial charge in [-0.05, 0) is 0 Å². The van der Waals surface area contributed by atoms with Crippen LogP contribution in [0.25, 0.3) is 0 Å². The number of hydrogen-bond donors (Lipinski definition) is 3. The van der Waals surface area contributed by atoms with Crippen LogP contribution in [0.4, 0.5) is 0 Å². The van der Waals surface area contributed by atoms with E-state index in [1.54, 1.807) is 0 Å². The highest BCUT2D eigenvalue weighted by Gasteiger charge is 2.22. The maximum Gasteiger partial charge on any atom is 0.326 e. The fourth-order valence-electron chi connectivity index (χ4n) is 1.11. The van der Waals surface area contributed by atoms with Crippen LogP contribution in [-0.2, 0) is 20.9 Å². The molecule has 0 bridgehead atoms. The van der Waals surface area contributed by atoms with Gasteiger partial charge < -0.3 is 16.2 Å². The van der Waals surface area contributed by atoms with Gasteiger partial charge in [-0.2, -0.15) is 0 Å². The molecule has 0 aromatic carbocycles. The highest BCUT2D eigenvalue weighted by molar-refractivity contribution is 5.87. The number of nitrogens with one attached hydrogen (secondary N) is 1. The van der Waals surface area contributed by atoms with Gasteiger partial charge in [0.2, 0.25) is 11.8 Å². The number of carboxylic acids is 1. The summed E-state index contributed by atoms with van der Waals surface area (Å²) < 4.78 is 1.22. The Morgan fingerprint density at radius 3 is 2.65 bits per heavy atom. The molecule has 1 atom stereocenters. The lowest BCUT2D eigenvalue weighted by Gasteiger charge is -2.12. The number of carbonyl (C=O) groups is 3. The minimum Gasteiger partial charge on any atom is -0.480 e. The molecule has 0 aliphatic heterocycles. The summed E-state index contributed by atoms with van der Waals surface area (Å²) in [6.07, 6.45) is 2.37. The summed E-state index contributed by atoms with van der Waals surface area (Å²) in [4.78, 5) is 32.7. The van der Waals surface area contributed by atoms with E-state index in [2.05, 4.69) is 15.6 Å². The Morgan fingerprint density at radius 1 is 1.47 bits per heavy atom. The van der Waals surface area contributed by atoms with Crippen molar-refractivity contribution in [1.29, 1.82) is 0 Å². The average molecular weight is 241 g/mol. The molecule has 0 fully saturated rings. The fourth-order valence-corrected chi connectivity index (χ4v) is 1.11. The maximum absolute atomic E-state index is 11.4. The zero-order valence-corrected chi connectivity index (χ0v) is 8.74. The van der Waals surface area contributed by atoms with E-state index in [0.717, 1.165) is 0 Å². The van der Waals surface area contributed by atoms with E-state index in [4.69, 9.17) is 10.8 Å². The molecule has 1 aromatic rings. The standard InChI is InChI=1S/C8H11N5O4/c9-6(14)3-5(8(16)17)11-7(15)4-13-2-1-10-12-13/h1-2,5H,3-4H2,(H2,9,14)(H,11,15)(H,16,17). The SMILES string of the molecule is NC(=O)CC(NC(=O)Cn1ccnn1)C(=O)O. The number of amides is 2. The number of carboxylic acid groups (broad SMARTS) is 1. The second kappa shape index (κ2) is 5.58. The van der Waals surface area contributed by atoms with Gasteiger partial charge in [0.1, 0.15) is 12.6 Å². The Balaban J connectivity index is 2.52. The van der Waals surface area contributed by atoms with E-state index in [1.165, 1.54) is 17.1 Å². The van der Waals surface area contributed by atoms with E-state index in [-0.39, 0.29) is 6.54 Å². The van der Waals surface area contributed by atoms with Crippen LogP contribution in [0, 0.1) is 0 Å². The highest BCUT2D eigenvalue weighted by Crippen LogP contribution is 1.92. The lowest BCUT2D eigenvalue weighted by atomic mass is 10.2. The van der Waals surface area contributed by atoms with E-state index in [9.17, 15) is 14.4 Å². The summed E-state index contributed by atoms with van der Waals surface area (Å²) in [5.41, 5.74) is 4.86. The average Bonchev–Trinajstić information content (AvgIpc) is 2.68. The molecule has 92 valence electrons. The van der Waals surface area contributed by atoms with Crippen LogP contribution in [-0.4, -0.2) is 43.9 Å². The van der Waals surface area contributed by atoms with E-state index in [0.29, 0.717) is 0 Å². The number of nitrogens with two attached hydrogens (primary N) is 1. The topological polar surface area (TPSA) is 140 Å². The predicted octanol–water partition coefficient (Wildman–Crippen LogP) is -2.28. The molecule has 0 radical (unpaired) electrons. The Morgan fingerprint density at radius 2 is 2.18 bits per heavy atom. The predicted molar refractivity (Wildman–Crippen MR) is 53.4 cm³/mol.